The Hall–Kier alpha value is -1.20. The van der Waals surface area contributed by atoms with Crippen LogP contribution in [0.15, 0.2) is 16.6 Å². The molecule has 0 radical (unpaired) electrons. The van der Waals surface area contributed by atoms with Gasteiger partial charge in [0, 0.05) is 22.9 Å². The molecule has 1 aromatic heterocycles. The first-order valence-corrected chi connectivity index (χ1v) is 5.31. The van der Waals surface area contributed by atoms with Gasteiger partial charge in [-0.3, -0.25) is 0 Å². The smallest absolute Gasteiger partial charge is 0.0843 e. The molecule has 4 nitrogen and oxygen atoms in total. The summed E-state index contributed by atoms with van der Waals surface area (Å²) in [5, 5.41) is 9.16. The minimum Gasteiger partial charge on any atom is -0.401 e. The van der Waals surface area contributed by atoms with E-state index in [-0.39, 0.29) is 0 Å². The first kappa shape index (κ1) is 10.9. The molecule has 0 fully saturated rings. The van der Waals surface area contributed by atoms with Crippen LogP contribution in [-0.4, -0.2) is 17.7 Å². The summed E-state index contributed by atoms with van der Waals surface area (Å²) >= 11 is 1.50. The normalized spacial score (nSPS) is 12.4. The quantitative estimate of drug-likeness (QED) is 0.638. The molecule has 0 aliphatic carbocycles. The van der Waals surface area contributed by atoms with E-state index in [0.717, 1.165) is 18.5 Å². The molecule has 1 heterocycles. The van der Waals surface area contributed by atoms with E-state index in [1.165, 1.54) is 17.6 Å². The molecular weight excluding hydrogens is 196 g/mol. The predicted octanol–water partition coefficient (Wildman–Crippen LogP) is 1.20. The Morgan fingerprint density at radius 3 is 2.93 bits per heavy atom. The minimum absolute atomic E-state index is 0.614. The second-order valence-corrected chi connectivity index (χ2v) is 3.57. The summed E-state index contributed by atoms with van der Waals surface area (Å²) in [5.74, 6) is 0. The molecule has 0 atom stereocenters. The van der Waals surface area contributed by atoms with Gasteiger partial charge >= 0.3 is 0 Å². The van der Waals surface area contributed by atoms with E-state index < -0.39 is 0 Å². The molecule has 0 saturated heterocycles. The molecule has 5 N–H and O–H groups in total. The van der Waals surface area contributed by atoms with Gasteiger partial charge in [0.15, 0.2) is 0 Å². The predicted molar refractivity (Wildman–Crippen MR) is 60.3 cm³/mol. The van der Waals surface area contributed by atoms with E-state index in [4.69, 9.17) is 16.9 Å². The average molecular weight is 210 g/mol. The van der Waals surface area contributed by atoms with Gasteiger partial charge < -0.3 is 16.9 Å². The SMILES string of the molecule is N=C/C(=C(\N)CCCN)c1cscn1. The Balaban J connectivity index is 2.84. The average Bonchev–Trinajstić information content (AvgIpc) is 2.69. The zero-order valence-electron chi connectivity index (χ0n) is 7.86. The largest absolute Gasteiger partial charge is 0.401 e. The Labute approximate surface area is 87.2 Å². The van der Waals surface area contributed by atoms with Crippen LogP contribution in [0.2, 0.25) is 0 Å². The Kier molecular flexibility index (Phi) is 4.28. The number of hydrogen-bond acceptors (Lipinski definition) is 5. The molecule has 0 bridgehead atoms. The van der Waals surface area contributed by atoms with Gasteiger partial charge in [-0.1, -0.05) is 0 Å². The summed E-state index contributed by atoms with van der Waals surface area (Å²) in [5.41, 5.74) is 15.1. The van der Waals surface area contributed by atoms with Crippen molar-refractivity contribution < 1.29 is 0 Å². The van der Waals surface area contributed by atoms with E-state index in [9.17, 15) is 0 Å². The lowest BCUT2D eigenvalue weighted by Gasteiger charge is -2.04. The van der Waals surface area contributed by atoms with E-state index in [1.807, 2.05) is 5.38 Å². The van der Waals surface area contributed by atoms with Crippen LogP contribution in [-0.2, 0) is 0 Å². The van der Waals surface area contributed by atoms with Gasteiger partial charge in [0.2, 0.25) is 0 Å². The highest BCUT2D eigenvalue weighted by atomic mass is 32.1. The Morgan fingerprint density at radius 2 is 2.43 bits per heavy atom. The number of rotatable bonds is 5. The maximum atomic E-state index is 7.27. The van der Waals surface area contributed by atoms with Gasteiger partial charge in [-0.05, 0) is 19.4 Å². The molecule has 0 amide bonds. The summed E-state index contributed by atoms with van der Waals surface area (Å²) in [6, 6.07) is 0. The van der Waals surface area contributed by atoms with Crippen molar-refractivity contribution in [2.45, 2.75) is 12.8 Å². The van der Waals surface area contributed by atoms with Crippen LogP contribution >= 0.6 is 11.3 Å². The first-order valence-electron chi connectivity index (χ1n) is 4.37. The standard InChI is InChI=1S/C9H14N4S/c10-3-1-2-8(12)7(4-11)9-5-14-6-13-9/h4-6,11H,1-3,10,12H2/b8-7+,11-4?. The van der Waals surface area contributed by atoms with Crippen LogP contribution in [0.3, 0.4) is 0 Å². The number of hydrogen-bond donors (Lipinski definition) is 3. The number of allylic oxidation sites excluding steroid dienone is 2. The zero-order chi connectivity index (χ0) is 10.4. The van der Waals surface area contributed by atoms with Gasteiger partial charge in [-0.2, -0.15) is 0 Å². The maximum absolute atomic E-state index is 7.27. The molecule has 1 rings (SSSR count). The molecular formula is C9H14N4S. The molecule has 5 heteroatoms. The maximum Gasteiger partial charge on any atom is 0.0843 e. The lowest BCUT2D eigenvalue weighted by atomic mass is 10.1. The van der Waals surface area contributed by atoms with Crippen molar-refractivity contribution in [3.63, 3.8) is 0 Å². The summed E-state index contributed by atoms with van der Waals surface area (Å²) in [7, 11) is 0. The van der Waals surface area contributed by atoms with E-state index in [2.05, 4.69) is 4.98 Å². The van der Waals surface area contributed by atoms with E-state index in [1.54, 1.807) is 5.51 Å². The molecule has 0 saturated carbocycles. The van der Waals surface area contributed by atoms with Crippen molar-refractivity contribution in [3.8, 4) is 0 Å². The van der Waals surface area contributed by atoms with Crippen molar-refractivity contribution >= 4 is 23.1 Å². The van der Waals surface area contributed by atoms with E-state index >= 15 is 0 Å². The van der Waals surface area contributed by atoms with Crippen LogP contribution in [0, 0.1) is 5.41 Å². The molecule has 1 aromatic rings. The molecule has 14 heavy (non-hydrogen) atoms. The van der Waals surface area contributed by atoms with Crippen LogP contribution < -0.4 is 11.5 Å². The third-order valence-corrected chi connectivity index (χ3v) is 2.44. The van der Waals surface area contributed by atoms with Gasteiger partial charge in [-0.25, -0.2) is 4.98 Å². The van der Waals surface area contributed by atoms with Gasteiger partial charge in [0.1, 0.15) is 0 Å². The van der Waals surface area contributed by atoms with Crippen LogP contribution in [0.4, 0.5) is 0 Å². The molecule has 0 unspecified atom stereocenters. The lowest BCUT2D eigenvalue weighted by Crippen LogP contribution is -2.07. The van der Waals surface area contributed by atoms with Crippen molar-refractivity contribution in [1.82, 2.24) is 4.98 Å². The first-order chi connectivity index (χ1) is 6.79. The number of nitrogens with one attached hydrogen (secondary N) is 1. The van der Waals surface area contributed by atoms with Gasteiger partial charge in [0.25, 0.3) is 0 Å². The molecule has 76 valence electrons. The Bertz CT molecular complexity index is 316. The second kappa shape index (κ2) is 5.51. The topological polar surface area (TPSA) is 88.8 Å². The number of thiazole rings is 1. The van der Waals surface area contributed by atoms with Crippen molar-refractivity contribution in [2.75, 3.05) is 6.54 Å². The van der Waals surface area contributed by atoms with Gasteiger partial charge in [-0.15, -0.1) is 11.3 Å². The fraction of sp³-hybridized carbons (Fsp3) is 0.333. The minimum atomic E-state index is 0.614. The summed E-state index contributed by atoms with van der Waals surface area (Å²) in [6.45, 7) is 0.614. The highest BCUT2D eigenvalue weighted by Crippen LogP contribution is 2.16. The fourth-order valence-corrected chi connectivity index (χ4v) is 1.66. The lowest BCUT2D eigenvalue weighted by molar-refractivity contribution is 0.818. The van der Waals surface area contributed by atoms with Crippen LogP contribution in [0.25, 0.3) is 5.57 Å². The third-order valence-electron chi connectivity index (χ3n) is 1.85. The van der Waals surface area contributed by atoms with Crippen molar-refractivity contribution in [1.29, 1.82) is 5.41 Å². The number of nitrogens with two attached hydrogens (primary N) is 2. The Morgan fingerprint density at radius 1 is 1.64 bits per heavy atom. The van der Waals surface area contributed by atoms with E-state index in [0.29, 0.717) is 17.8 Å². The summed E-state index contributed by atoms with van der Waals surface area (Å²) in [6.07, 6.45) is 2.81. The number of nitrogens with zero attached hydrogens (tertiary/aromatic N) is 1. The zero-order valence-corrected chi connectivity index (χ0v) is 8.68. The fourth-order valence-electron chi connectivity index (χ4n) is 1.10. The van der Waals surface area contributed by atoms with Gasteiger partial charge in [0.05, 0.1) is 11.2 Å². The highest BCUT2D eigenvalue weighted by molar-refractivity contribution is 7.07. The highest BCUT2D eigenvalue weighted by Gasteiger charge is 2.05. The summed E-state index contributed by atoms with van der Waals surface area (Å²) in [4.78, 5) is 4.11. The van der Waals surface area contributed by atoms with Crippen LogP contribution in [0.1, 0.15) is 18.5 Å². The number of aromatic nitrogens is 1. The third kappa shape index (κ3) is 2.65. The molecule has 0 aromatic carbocycles. The second-order valence-electron chi connectivity index (χ2n) is 2.85. The van der Waals surface area contributed by atoms with Crippen molar-refractivity contribution in [2.24, 2.45) is 11.5 Å². The molecule has 0 spiro atoms. The monoisotopic (exact) mass is 210 g/mol. The molecule has 0 aliphatic heterocycles. The van der Waals surface area contributed by atoms with Crippen molar-refractivity contribution in [3.05, 3.63) is 22.3 Å². The summed E-state index contributed by atoms with van der Waals surface area (Å²) < 4.78 is 0. The van der Waals surface area contributed by atoms with Crippen LogP contribution in [0.5, 0.6) is 0 Å². The molecule has 0 aliphatic rings.